The Morgan fingerprint density at radius 1 is 1.42 bits per heavy atom. The fraction of sp³-hybridized carbons (Fsp3) is 0.636. The third-order valence-electron chi connectivity index (χ3n) is 4.10. The van der Waals surface area contributed by atoms with Crippen molar-refractivity contribution in [3.63, 3.8) is 0 Å². The first-order valence-electron chi connectivity index (χ1n) is 6.42. The van der Waals surface area contributed by atoms with Gasteiger partial charge in [0.1, 0.15) is 6.20 Å². The second kappa shape index (κ2) is 4.61. The van der Waals surface area contributed by atoms with Crippen LogP contribution in [0.25, 0.3) is 0 Å². The van der Waals surface area contributed by atoms with Gasteiger partial charge in [-0.1, -0.05) is 6.42 Å². The Labute approximate surface area is 110 Å². The molecule has 0 spiro atoms. The van der Waals surface area contributed by atoms with Crippen molar-refractivity contribution in [2.45, 2.75) is 19.3 Å². The molecule has 2 atom stereocenters. The largest absolute Gasteiger partial charge is 0.350 e. The predicted octanol–water partition coefficient (Wildman–Crippen LogP) is 0.907. The van der Waals surface area contributed by atoms with Gasteiger partial charge in [-0.3, -0.25) is 15.5 Å². The number of fused-ring (bicyclic) bond motifs is 1. The molecule has 0 radical (unpaired) electrons. The zero-order chi connectivity index (χ0) is 13.4. The van der Waals surface area contributed by atoms with Crippen LogP contribution in [0.2, 0.25) is 0 Å². The van der Waals surface area contributed by atoms with E-state index in [9.17, 15) is 10.1 Å². The molecule has 1 aliphatic carbocycles. The first kappa shape index (κ1) is 12.1. The van der Waals surface area contributed by atoms with Crippen molar-refractivity contribution in [2.75, 3.05) is 23.4 Å². The van der Waals surface area contributed by atoms with Crippen molar-refractivity contribution in [3.05, 3.63) is 16.3 Å². The second-order valence-electron chi connectivity index (χ2n) is 5.16. The lowest BCUT2D eigenvalue weighted by atomic mass is 10.0. The number of aromatic nitrogens is 2. The lowest BCUT2D eigenvalue weighted by molar-refractivity contribution is -0.384. The van der Waals surface area contributed by atoms with Crippen molar-refractivity contribution >= 4 is 17.5 Å². The number of nitrogen functional groups attached to an aromatic ring is 1. The number of rotatable bonds is 3. The first-order valence-corrected chi connectivity index (χ1v) is 6.42. The molecular weight excluding hydrogens is 248 g/mol. The molecule has 1 saturated heterocycles. The quantitative estimate of drug-likeness (QED) is 0.474. The molecule has 2 fully saturated rings. The average Bonchev–Trinajstić information content (AvgIpc) is 2.98. The van der Waals surface area contributed by atoms with E-state index in [1.807, 2.05) is 4.90 Å². The molecule has 3 N–H and O–H groups in total. The summed E-state index contributed by atoms with van der Waals surface area (Å²) in [5.41, 5.74) is 2.28. The number of nitrogens with two attached hydrogens (primary N) is 1. The van der Waals surface area contributed by atoms with Crippen LogP contribution in [0.15, 0.2) is 6.20 Å². The van der Waals surface area contributed by atoms with E-state index in [1.165, 1.54) is 25.5 Å². The maximum Gasteiger partial charge on any atom is 0.329 e. The molecule has 2 heterocycles. The van der Waals surface area contributed by atoms with E-state index in [4.69, 9.17) is 5.84 Å². The Hall–Kier alpha value is -1.96. The number of nitrogens with zero attached hydrogens (tertiary/aromatic N) is 4. The SMILES string of the molecule is NNc1ncc([N+](=O)[O-])c(N2CC3CCCC3C2)n1. The van der Waals surface area contributed by atoms with Crippen LogP contribution in [0.1, 0.15) is 19.3 Å². The number of anilines is 2. The van der Waals surface area contributed by atoms with E-state index >= 15 is 0 Å². The minimum Gasteiger partial charge on any atom is -0.350 e. The lowest BCUT2D eigenvalue weighted by Gasteiger charge is -2.18. The molecule has 1 aromatic heterocycles. The van der Waals surface area contributed by atoms with Gasteiger partial charge in [0.2, 0.25) is 11.8 Å². The van der Waals surface area contributed by atoms with Gasteiger partial charge >= 0.3 is 5.69 Å². The zero-order valence-corrected chi connectivity index (χ0v) is 10.5. The van der Waals surface area contributed by atoms with E-state index in [2.05, 4.69) is 15.4 Å². The van der Waals surface area contributed by atoms with Gasteiger partial charge in [-0.05, 0) is 24.7 Å². The van der Waals surface area contributed by atoms with Crippen molar-refractivity contribution in [1.82, 2.24) is 9.97 Å². The molecule has 0 aromatic carbocycles. The molecule has 102 valence electrons. The highest BCUT2D eigenvalue weighted by Gasteiger charge is 2.38. The fourth-order valence-electron chi connectivity index (χ4n) is 3.21. The van der Waals surface area contributed by atoms with Crippen LogP contribution >= 0.6 is 0 Å². The summed E-state index contributed by atoms with van der Waals surface area (Å²) in [7, 11) is 0. The van der Waals surface area contributed by atoms with Crippen molar-refractivity contribution in [2.24, 2.45) is 17.7 Å². The van der Waals surface area contributed by atoms with E-state index in [-0.39, 0.29) is 11.6 Å². The Balaban J connectivity index is 1.92. The number of hydrogen-bond acceptors (Lipinski definition) is 7. The summed E-state index contributed by atoms with van der Waals surface area (Å²) in [5.74, 6) is 7.14. The maximum atomic E-state index is 11.1. The summed E-state index contributed by atoms with van der Waals surface area (Å²) < 4.78 is 0. The molecule has 1 aliphatic heterocycles. The van der Waals surface area contributed by atoms with Crippen LogP contribution in [0.4, 0.5) is 17.5 Å². The second-order valence-corrected chi connectivity index (χ2v) is 5.16. The number of hydrazine groups is 1. The standard InChI is InChI=1S/C11H16N6O2/c12-15-11-13-4-9(17(18)19)10(14-11)16-5-7-2-1-3-8(7)6-16/h4,7-8H,1-3,5-6,12H2,(H,13,14,15). The van der Waals surface area contributed by atoms with E-state index in [0.717, 1.165) is 13.1 Å². The molecule has 0 bridgehead atoms. The van der Waals surface area contributed by atoms with Crippen LogP contribution in [-0.2, 0) is 0 Å². The highest BCUT2D eigenvalue weighted by Crippen LogP contribution is 2.41. The average molecular weight is 264 g/mol. The maximum absolute atomic E-state index is 11.1. The molecule has 19 heavy (non-hydrogen) atoms. The number of hydrogen-bond donors (Lipinski definition) is 2. The van der Waals surface area contributed by atoms with Gasteiger partial charge in [0.25, 0.3) is 0 Å². The zero-order valence-electron chi connectivity index (χ0n) is 10.5. The Bertz CT molecular complexity index is 496. The minimum atomic E-state index is -0.441. The molecule has 8 nitrogen and oxygen atoms in total. The molecule has 2 aliphatic rings. The monoisotopic (exact) mass is 264 g/mol. The summed E-state index contributed by atoms with van der Waals surface area (Å²) in [6.07, 6.45) is 4.90. The fourth-order valence-corrected chi connectivity index (χ4v) is 3.21. The third kappa shape index (κ3) is 2.07. The van der Waals surface area contributed by atoms with Crippen molar-refractivity contribution in [1.29, 1.82) is 0 Å². The van der Waals surface area contributed by atoms with Gasteiger partial charge in [-0.2, -0.15) is 4.98 Å². The number of nitrogens with one attached hydrogen (secondary N) is 1. The molecule has 2 unspecified atom stereocenters. The highest BCUT2D eigenvalue weighted by atomic mass is 16.6. The van der Waals surface area contributed by atoms with Gasteiger partial charge in [0.05, 0.1) is 4.92 Å². The lowest BCUT2D eigenvalue weighted by Crippen LogP contribution is -2.24. The van der Waals surface area contributed by atoms with E-state index in [0.29, 0.717) is 17.7 Å². The van der Waals surface area contributed by atoms with E-state index in [1.54, 1.807) is 0 Å². The highest BCUT2D eigenvalue weighted by molar-refractivity contribution is 5.59. The Morgan fingerprint density at radius 3 is 2.68 bits per heavy atom. The van der Waals surface area contributed by atoms with Crippen LogP contribution < -0.4 is 16.2 Å². The summed E-state index contributed by atoms with van der Waals surface area (Å²) in [6.45, 7) is 1.68. The van der Waals surface area contributed by atoms with Gasteiger partial charge in [-0.15, -0.1) is 0 Å². The molecule has 3 rings (SSSR count). The van der Waals surface area contributed by atoms with Gasteiger partial charge in [-0.25, -0.2) is 10.8 Å². The third-order valence-corrected chi connectivity index (χ3v) is 4.10. The van der Waals surface area contributed by atoms with Crippen LogP contribution in [0.5, 0.6) is 0 Å². The first-order chi connectivity index (χ1) is 9.19. The van der Waals surface area contributed by atoms with Gasteiger partial charge in [0.15, 0.2) is 0 Å². The Morgan fingerprint density at radius 2 is 2.11 bits per heavy atom. The molecule has 0 amide bonds. The molecule has 1 saturated carbocycles. The van der Waals surface area contributed by atoms with Crippen molar-refractivity contribution in [3.8, 4) is 0 Å². The smallest absolute Gasteiger partial charge is 0.329 e. The van der Waals surface area contributed by atoms with Gasteiger partial charge < -0.3 is 4.90 Å². The van der Waals surface area contributed by atoms with Crippen LogP contribution in [0, 0.1) is 22.0 Å². The van der Waals surface area contributed by atoms with Crippen LogP contribution in [0.3, 0.4) is 0 Å². The number of nitro groups is 1. The summed E-state index contributed by atoms with van der Waals surface area (Å²) >= 11 is 0. The summed E-state index contributed by atoms with van der Waals surface area (Å²) in [4.78, 5) is 20.6. The summed E-state index contributed by atoms with van der Waals surface area (Å²) in [5, 5.41) is 11.1. The van der Waals surface area contributed by atoms with E-state index < -0.39 is 4.92 Å². The molecule has 8 heteroatoms. The van der Waals surface area contributed by atoms with Gasteiger partial charge in [0, 0.05) is 13.1 Å². The Kier molecular flexibility index (Phi) is 2.94. The topological polar surface area (TPSA) is 110 Å². The summed E-state index contributed by atoms with van der Waals surface area (Å²) in [6, 6.07) is 0. The van der Waals surface area contributed by atoms with Crippen LogP contribution in [-0.4, -0.2) is 28.0 Å². The minimum absolute atomic E-state index is 0.0565. The van der Waals surface area contributed by atoms with Crippen molar-refractivity contribution < 1.29 is 4.92 Å². The molecule has 1 aromatic rings. The predicted molar refractivity (Wildman–Crippen MR) is 69.5 cm³/mol. The molecular formula is C11H16N6O2. The normalized spacial score (nSPS) is 25.4.